The first-order valence-electron chi connectivity index (χ1n) is 6.95. The van der Waals surface area contributed by atoms with Crippen molar-refractivity contribution in [3.05, 3.63) is 30.4 Å². The number of aromatic nitrogens is 5. The number of carbonyl (C=O) groups is 1. The second-order valence-corrected chi connectivity index (χ2v) is 4.62. The molecule has 0 aliphatic carbocycles. The Morgan fingerprint density at radius 2 is 2.35 bits per heavy atom. The topological polar surface area (TPSA) is 88.5 Å². The zero-order valence-electron chi connectivity index (χ0n) is 11.7. The first-order chi connectivity index (χ1) is 9.79. The lowest BCUT2D eigenvalue weighted by molar-refractivity contribution is 0.0943. The third-order valence-electron chi connectivity index (χ3n) is 2.91. The molecule has 0 bridgehead atoms. The van der Waals surface area contributed by atoms with Gasteiger partial charge in [0.05, 0.1) is 6.33 Å². The molecule has 2 aromatic rings. The van der Waals surface area contributed by atoms with Crippen LogP contribution in [0.4, 0.5) is 0 Å². The minimum atomic E-state index is -0.216. The fourth-order valence-electron chi connectivity index (χ4n) is 1.86. The maximum atomic E-state index is 11.8. The van der Waals surface area contributed by atoms with Crippen molar-refractivity contribution >= 4 is 5.91 Å². The van der Waals surface area contributed by atoms with Crippen LogP contribution in [0.25, 0.3) is 0 Å². The number of H-pyrrole nitrogens is 1. The van der Waals surface area contributed by atoms with Crippen LogP contribution in [0, 0.1) is 0 Å². The number of nitrogens with one attached hydrogen (secondary N) is 2. The molecule has 7 heteroatoms. The van der Waals surface area contributed by atoms with Crippen LogP contribution in [0.2, 0.25) is 0 Å². The molecule has 0 saturated carbocycles. The summed E-state index contributed by atoms with van der Waals surface area (Å²) in [7, 11) is 0. The van der Waals surface area contributed by atoms with Gasteiger partial charge in [-0.05, 0) is 19.3 Å². The molecule has 2 aromatic heterocycles. The number of carbonyl (C=O) groups excluding carboxylic acids is 1. The van der Waals surface area contributed by atoms with Crippen LogP contribution in [-0.2, 0) is 13.0 Å². The molecule has 7 nitrogen and oxygen atoms in total. The Morgan fingerprint density at radius 3 is 3.10 bits per heavy atom. The number of aryl methyl sites for hydroxylation is 2. The molecule has 108 valence electrons. The Morgan fingerprint density at radius 1 is 1.45 bits per heavy atom. The van der Waals surface area contributed by atoms with Gasteiger partial charge in [-0.3, -0.25) is 9.89 Å². The normalized spacial score (nSPS) is 10.7. The van der Waals surface area contributed by atoms with Crippen molar-refractivity contribution in [2.24, 2.45) is 0 Å². The largest absolute Gasteiger partial charge is 0.349 e. The van der Waals surface area contributed by atoms with Gasteiger partial charge < -0.3 is 9.88 Å². The first kappa shape index (κ1) is 14.2. The Balaban J connectivity index is 1.64. The zero-order chi connectivity index (χ0) is 14.2. The van der Waals surface area contributed by atoms with E-state index in [2.05, 4.69) is 32.4 Å². The Labute approximate surface area is 117 Å². The molecule has 20 heavy (non-hydrogen) atoms. The van der Waals surface area contributed by atoms with Gasteiger partial charge in [-0.2, -0.15) is 0 Å². The van der Waals surface area contributed by atoms with E-state index in [0.717, 1.165) is 38.1 Å². The maximum absolute atomic E-state index is 11.8. The van der Waals surface area contributed by atoms with Crippen LogP contribution in [0.5, 0.6) is 0 Å². The quantitative estimate of drug-likeness (QED) is 0.708. The highest BCUT2D eigenvalue weighted by atomic mass is 16.2. The van der Waals surface area contributed by atoms with E-state index in [4.69, 9.17) is 0 Å². The highest BCUT2D eigenvalue weighted by molar-refractivity contribution is 5.90. The first-order valence-corrected chi connectivity index (χ1v) is 6.95. The molecule has 0 aliphatic rings. The number of imidazole rings is 1. The molecule has 0 unspecified atom stereocenters. The number of hydrogen-bond acceptors (Lipinski definition) is 4. The van der Waals surface area contributed by atoms with Gasteiger partial charge >= 0.3 is 0 Å². The molecule has 0 atom stereocenters. The summed E-state index contributed by atoms with van der Waals surface area (Å²) in [5.74, 6) is 0.770. The van der Waals surface area contributed by atoms with Crippen LogP contribution in [0.15, 0.2) is 18.7 Å². The van der Waals surface area contributed by atoms with E-state index in [1.807, 2.05) is 10.8 Å². The molecule has 0 saturated heterocycles. The molecule has 2 heterocycles. The van der Waals surface area contributed by atoms with Crippen LogP contribution in [0.1, 0.15) is 42.6 Å². The van der Waals surface area contributed by atoms with Gasteiger partial charge in [0.1, 0.15) is 5.82 Å². The van der Waals surface area contributed by atoms with Crippen molar-refractivity contribution in [2.45, 2.75) is 39.2 Å². The molecule has 0 aromatic carbocycles. The summed E-state index contributed by atoms with van der Waals surface area (Å²) >= 11 is 0. The van der Waals surface area contributed by atoms with Crippen LogP contribution >= 0.6 is 0 Å². The molecule has 0 fully saturated rings. The van der Waals surface area contributed by atoms with Gasteiger partial charge in [0.2, 0.25) is 5.82 Å². The van der Waals surface area contributed by atoms with E-state index in [-0.39, 0.29) is 11.7 Å². The summed E-state index contributed by atoms with van der Waals surface area (Å²) in [4.78, 5) is 19.9. The van der Waals surface area contributed by atoms with Gasteiger partial charge in [-0.25, -0.2) is 9.97 Å². The summed E-state index contributed by atoms with van der Waals surface area (Å²) in [6.45, 7) is 3.60. The summed E-state index contributed by atoms with van der Waals surface area (Å²) in [6, 6.07) is 0. The third kappa shape index (κ3) is 4.18. The fourth-order valence-corrected chi connectivity index (χ4v) is 1.86. The van der Waals surface area contributed by atoms with E-state index in [9.17, 15) is 4.79 Å². The molecular formula is C13H20N6O. The SMILES string of the molecule is CCCc1nc(C(=O)NCCCCn2ccnc2)n[nH]1. The summed E-state index contributed by atoms with van der Waals surface area (Å²) in [5.41, 5.74) is 0. The molecule has 0 aliphatic heterocycles. The number of rotatable bonds is 8. The van der Waals surface area contributed by atoms with Gasteiger partial charge in [-0.15, -0.1) is 5.10 Å². The van der Waals surface area contributed by atoms with Gasteiger partial charge in [0, 0.05) is 31.9 Å². The van der Waals surface area contributed by atoms with E-state index in [0.29, 0.717) is 6.54 Å². The Hall–Kier alpha value is -2.18. The van der Waals surface area contributed by atoms with Crippen molar-refractivity contribution in [1.82, 2.24) is 30.0 Å². The Bertz CT molecular complexity index is 519. The summed E-state index contributed by atoms with van der Waals surface area (Å²) in [6.07, 6.45) is 9.18. The van der Waals surface area contributed by atoms with Gasteiger partial charge in [-0.1, -0.05) is 6.92 Å². The average Bonchev–Trinajstić information content (AvgIpc) is 3.10. The second-order valence-electron chi connectivity index (χ2n) is 4.62. The van der Waals surface area contributed by atoms with Crippen LogP contribution < -0.4 is 5.32 Å². The lowest BCUT2D eigenvalue weighted by atomic mass is 10.3. The van der Waals surface area contributed by atoms with E-state index < -0.39 is 0 Å². The second kappa shape index (κ2) is 7.42. The van der Waals surface area contributed by atoms with Crippen molar-refractivity contribution in [1.29, 1.82) is 0 Å². The number of amides is 1. The van der Waals surface area contributed by atoms with Gasteiger partial charge in [0.15, 0.2) is 0 Å². The van der Waals surface area contributed by atoms with Crippen molar-refractivity contribution in [3.63, 3.8) is 0 Å². The highest BCUT2D eigenvalue weighted by Crippen LogP contribution is 1.97. The maximum Gasteiger partial charge on any atom is 0.290 e. The van der Waals surface area contributed by atoms with Crippen LogP contribution in [0.3, 0.4) is 0 Å². The van der Waals surface area contributed by atoms with Crippen molar-refractivity contribution in [3.8, 4) is 0 Å². The Kier molecular flexibility index (Phi) is 5.28. The van der Waals surface area contributed by atoms with Crippen molar-refractivity contribution in [2.75, 3.05) is 6.54 Å². The van der Waals surface area contributed by atoms with E-state index in [1.165, 1.54) is 0 Å². The predicted octanol–water partition coefficient (Wildman–Crippen LogP) is 1.16. The smallest absolute Gasteiger partial charge is 0.290 e. The monoisotopic (exact) mass is 276 g/mol. The van der Waals surface area contributed by atoms with Crippen LogP contribution in [-0.4, -0.2) is 37.2 Å². The fraction of sp³-hybridized carbons (Fsp3) is 0.538. The van der Waals surface area contributed by atoms with Gasteiger partial charge in [0.25, 0.3) is 5.91 Å². The minimum absolute atomic E-state index is 0.216. The minimum Gasteiger partial charge on any atom is -0.349 e. The number of aromatic amines is 1. The average molecular weight is 276 g/mol. The summed E-state index contributed by atoms with van der Waals surface area (Å²) < 4.78 is 2.02. The zero-order valence-corrected chi connectivity index (χ0v) is 11.7. The third-order valence-corrected chi connectivity index (χ3v) is 2.91. The predicted molar refractivity (Wildman–Crippen MR) is 74.2 cm³/mol. The number of unbranched alkanes of at least 4 members (excludes halogenated alkanes) is 1. The number of hydrogen-bond donors (Lipinski definition) is 2. The highest BCUT2D eigenvalue weighted by Gasteiger charge is 2.10. The summed E-state index contributed by atoms with van der Waals surface area (Å²) in [5, 5.41) is 9.51. The number of nitrogens with zero attached hydrogens (tertiary/aromatic N) is 4. The molecule has 2 rings (SSSR count). The molecule has 2 N–H and O–H groups in total. The molecule has 0 radical (unpaired) electrons. The van der Waals surface area contributed by atoms with Crippen molar-refractivity contribution < 1.29 is 4.79 Å². The lowest BCUT2D eigenvalue weighted by Crippen LogP contribution is -2.25. The van der Waals surface area contributed by atoms with E-state index in [1.54, 1.807) is 12.5 Å². The van der Waals surface area contributed by atoms with E-state index >= 15 is 0 Å². The molecule has 1 amide bonds. The lowest BCUT2D eigenvalue weighted by Gasteiger charge is -2.03. The standard InChI is InChI=1S/C13H20N6O/c1-2-5-11-16-12(18-17-11)13(20)15-6-3-4-8-19-9-7-14-10-19/h7,9-10H,2-6,8H2,1H3,(H,15,20)(H,16,17,18). The molecule has 0 spiro atoms. The molecular weight excluding hydrogens is 256 g/mol.